The van der Waals surface area contributed by atoms with Crippen molar-refractivity contribution in [3.05, 3.63) is 81.6 Å². The zero-order valence-electron chi connectivity index (χ0n) is 21.5. The van der Waals surface area contributed by atoms with Gasteiger partial charge in [0.1, 0.15) is 51.2 Å². The number of benzene rings is 3. The van der Waals surface area contributed by atoms with Crippen LogP contribution in [-0.4, -0.2) is 6.61 Å². The molecule has 0 unspecified atom stereocenters. The van der Waals surface area contributed by atoms with Gasteiger partial charge in [0.2, 0.25) is 0 Å². The quantitative estimate of drug-likeness (QED) is 0.211. The smallest absolute Gasteiger partial charge is 0.432 e. The number of ether oxygens (including phenoxy) is 2. The van der Waals surface area contributed by atoms with Gasteiger partial charge in [-0.15, -0.1) is 0 Å². The molecule has 5 rings (SSSR count). The standard InChI is InChI=1S/C30H26ClF7O2/c1-2-15-3-5-16(6-4-15)19-7-18-10-22(32)21(13-27(18)39-14-19)17-8-23(33)28(24(34)9-17)30(37,38)40-20-11-25(35)29(31)26(36)12-20/h8-13,15-16,19H,2-7,14H2,1H3/t15?,16?,19-/m1/s1. The molecule has 2 nitrogen and oxygen atoms in total. The molecule has 214 valence electrons. The van der Waals surface area contributed by atoms with Crippen molar-refractivity contribution in [2.75, 3.05) is 6.61 Å². The van der Waals surface area contributed by atoms with Crippen molar-refractivity contribution in [2.45, 2.75) is 51.6 Å². The highest BCUT2D eigenvalue weighted by Gasteiger charge is 2.42. The Kier molecular flexibility index (Phi) is 7.97. The summed E-state index contributed by atoms with van der Waals surface area (Å²) in [7, 11) is 0. The maximum absolute atomic E-state index is 15.2. The van der Waals surface area contributed by atoms with Crippen LogP contribution in [0.25, 0.3) is 11.1 Å². The maximum Gasteiger partial charge on any atom is 0.432 e. The highest BCUT2D eigenvalue weighted by Crippen LogP contribution is 2.43. The van der Waals surface area contributed by atoms with Gasteiger partial charge >= 0.3 is 6.11 Å². The molecular formula is C30H26ClF7O2. The minimum Gasteiger partial charge on any atom is -0.493 e. The molecule has 1 atom stereocenters. The van der Waals surface area contributed by atoms with E-state index in [-0.39, 0.29) is 17.0 Å². The largest absolute Gasteiger partial charge is 0.493 e. The van der Waals surface area contributed by atoms with Crippen LogP contribution in [0.2, 0.25) is 5.02 Å². The lowest BCUT2D eigenvalue weighted by Crippen LogP contribution is -2.30. The molecule has 10 heteroatoms. The number of alkyl halides is 2. The third-order valence-corrected chi connectivity index (χ3v) is 8.43. The van der Waals surface area contributed by atoms with E-state index in [9.17, 15) is 26.3 Å². The average molecular weight is 587 g/mol. The maximum atomic E-state index is 15.2. The topological polar surface area (TPSA) is 18.5 Å². The fourth-order valence-electron chi connectivity index (χ4n) is 5.82. The Hall–Kier alpha value is -2.94. The third-order valence-electron chi connectivity index (χ3n) is 8.07. The molecule has 0 N–H and O–H groups in total. The highest BCUT2D eigenvalue weighted by molar-refractivity contribution is 6.30. The molecule has 3 aromatic rings. The summed E-state index contributed by atoms with van der Waals surface area (Å²) < 4.78 is 112. The Labute approximate surface area is 232 Å². The zero-order chi connectivity index (χ0) is 28.8. The second kappa shape index (κ2) is 11.1. The van der Waals surface area contributed by atoms with Crippen LogP contribution < -0.4 is 9.47 Å². The minimum absolute atomic E-state index is 0.226. The van der Waals surface area contributed by atoms with Crippen LogP contribution in [0.3, 0.4) is 0 Å². The van der Waals surface area contributed by atoms with Crippen LogP contribution in [0.1, 0.15) is 50.2 Å². The molecule has 1 fully saturated rings. The van der Waals surface area contributed by atoms with E-state index in [4.69, 9.17) is 16.3 Å². The fraction of sp³-hybridized carbons (Fsp3) is 0.400. The van der Waals surface area contributed by atoms with Crippen LogP contribution in [0.4, 0.5) is 30.7 Å². The summed E-state index contributed by atoms with van der Waals surface area (Å²) in [5, 5.41) is -0.956. The highest BCUT2D eigenvalue weighted by atomic mass is 35.5. The van der Waals surface area contributed by atoms with Gasteiger partial charge in [-0.2, -0.15) is 8.78 Å². The number of rotatable bonds is 6. The first-order valence-electron chi connectivity index (χ1n) is 13.1. The van der Waals surface area contributed by atoms with Crippen molar-refractivity contribution in [2.24, 2.45) is 17.8 Å². The Morgan fingerprint density at radius 3 is 2.05 bits per heavy atom. The minimum atomic E-state index is -4.66. The first-order chi connectivity index (χ1) is 19.0. The lowest BCUT2D eigenvalue weighted by molar-refractivity contribution is -0.189. The summed E-state index contributed by atoms with van der Waals surface area (Å²) in [5.74, 6) is -6.25. The molecule has 40 heavy (non-hydrogen) atoms. The van der Waals surface area contributed by atoms with Crippen molar-refractivity contribution in [3.8, 4) is 22.6 Å². The second-order valence-corrected chi connectivity index (χ2v) is 10.9. The van der Waals surface area contributed by atoms with E-state index < -0.39 is 51.5 Å². The molecule has 0 bridgehead atoms. The summed E-state index contributed by atoms with van der Waals surface area (Å²) in [6.45, 7) is 2.64. The van der Waals surface area contributed by atoms with E-state index in [1.165, 1.54) is 31.4 Å². The summed E-state index contributed by atoms with van der Waals surface area (Å²) in [4.78, 5) is 0. The Bertz CT molecular complexity index is 1370. The van der Waals surface area contributed by atoms with Gasteiger partial charge < -0.3 is 9.47 Å². The van der Waals surface area contributed by atoms with Crippen molar-refractivity contribution < 1.29 is 40.2 Å². The van der Waals surface area contributed by atoms with Gasteiger partial charge in [0.15, 0.2) is 0 Å². The Balaban J connectivity index is 1.38. The van der Waals surface area contributed by atoms with Gasteiger partial charge in [0.05, 0.1) is 6.61 Å². The molecule has 1 heterocycles. The summed E-state index contributed by atoms with van der Waals surface area (Å²) in [5.41, 5.74) is -1.71. The summed E-state index contributed by atoms with van der Waals surface area (Å²) in [6, 6.07) is 4.37. The summed E-state index contributed by atoms with van der Waals surface area (Å²) in [6.07, 6.45) is 1.66. The third kappa shape index (κ3) is 5.62. The van der Waals surface area contributed by atoms with Crippen LogP contribution in [0.5, 0.6) is 11.5 Å². The van der Waals surface area contributed by atoms with Crippen molar-refractivity contribution >= 4 is 11.6 Å². The Morgan fingerprint density at radius 2 is 1.45 bits per heavy atom. The van der Waals surface area contributed by atoms with Gasteiger partial charge in [-0.1, -0.05) is 37.8 Å². The molecule has 0 spiro atoms. The molecule has 0 amide bonds. The molecule has 3 aromatic carbocycles. The number of hydrogen-bond donors (Lipinski definition) is 0. The molecule has 1 aliphatic heterocycles. The van der Waals surface area contributed by atoms with E-state index in [1.807, 2.05) is 0 Å². The molecule has 0 saturated heterocycles. The second-order valence-electron chi connectivity index (χ2n) is 10.5. The number of fused-ring (bicyclic) bond motifs is 1. The van der Waals surface area contributed by atoms with Gasteiger partial charge in [0, 0.05) is 17.7 Å². The number of halogens is 8. The zero-order valence-corrected chi connectivity index (χ0v) is 22.2. The van der Waals surface area contributed by atoms with Gasteiger partial charge in [0.25, 0.3) is 0 Å². The van der Waals surface area contributed by atoms with Gasteiger partial charge in [-0.05, 0) is 72.4 Å². The Morgan fingerprint density at radius 1 is 0.825 bits per heavy atom. The normalized spacial score (nSPS) is 21.1. The van der Waals surface area contributed by atoms with Crippen LogP contribution in [-0.2, 0) is 12.5 Å². The van der Waals surface area contributed by atoms with Crippen molar-refractivity contribution in [1.29, 1.82) is 0 Å². The lowest BCUT2D eigenvalue weighted by Gasteiger charge is -2.36. The van der Waals surface area contributed by atoms with E-state index in [2.05, 4.69) is 11.7 Å². The molecule has 1 aliphatic carbocycles. The van der Waals surface area contributed by atoms with E-state index in [1.54, 1.807) is 0 Å². The van der Waals surface area contributed by atoms with E-state index in [0.29, 0.717) is 54.5 Å². The monoisotopic (exact) mass is 586 g/mol. The van der Waals surface area contributed by atoms with Crippen LogP contribution in [0.15, 0.2) is 36.4 Å². The van der Waals surface area contributed by atoms with Crippen molar-refractivity contribution in [1.82, 2.24) is 0 Å². The lowest BCUT2D eigenvalue weighted by atomic mass is 9.73. The molecule has 1 saturated carbocycles. The fourth-order valence-corrected chi connectivity index (χ4v) is 5.92. The van der Waals surface area contributed by atoms with E-state index >= 15 is 4.39 Å². The van der Waals surface area contributed by atoms with Crippen LogP contribution in [0, 0.1) is 46.8 Å². The summed E-state index contributed by atoms with van der Waals surface area (Å²) >= 11 is 5.32. The molecular weight excluding hydrogens is 561 g/mol. The van der Waals surface area contributed by atoms with Crippen LogP contribution >= 0.6 is 11.6 Å². The average Bonchev–Trinajstić information content (AvgIpc) is 2.90. The first kappa shape index (κ1) is 28.6. The van der Waals surface area contributed by atoms with Crippen molar-refractivity contribution in [3.63, 3.8) is 0 Å². The first-order valence-corrected chi connectivity index (χ1v) is 13.5. The predicted molar refractivity (Wildman–Crippen MR) is 136 cm³/mol. The van der Waals surface area contributed by atoms with Gasteiger partial charge in [-0.3, -0.25) is 0 Å². The van der Waals surface area contributed by atoms with E-state index in [0.717, 1.165) is 18.8 Å². The SMILES string of the molecule is CCC1CCC([C@H]2COc3cc(-c4cc(F)c(C(F)(F)Oc5cc(F)c(Cl)c(F)c5)c(F)c4)c(F)cc3C2)CC1. The number of hydrogen-bond acceptors (Lipinski definition) is 2. The molecule has 2 aliphatic rings. The predicted octanol–water partition coefficient (Wildman–Crippen LogP) is 9.60. The van der Waals surface area contributed by atoms with Gasteiger partial charge in [-0.25, -0.2) is 22.0 Å². The molecule has 0 aromatic heterocycles. The molecule has 0 radical (unpaired) electrons.